The predicted octanol–water partition coefficient (Wildman–Crippen LogP) is 4.90. The topological polar surface area (TPSA) is 115 Å². The number of anilines is 2. The van der Waals surface area contributed by atoms with Crippen molar-refractivity contribution in [2.75, 3.05) is 70.0 Å². The van der Waals surface area contributed by atoms with Crippen LogP contribution in [0.2, 0.25) is 5.02 Å². The third kappa shape index (κ3) is 7.15. The van der Waals surface area contributed by atoms with Crippen molar-refractivity contribution in [1.29, 1.82) is 0 Å². The third-order valence-electron chi connectivity index (χ3n) is 9.87. The average Bonchev–Trinajstić information content (AvgIpc) is 3.07. The zero-order chi connectivity index (χ0) is 34.1. The molecule has 2 aromatic carbocycles. The van der Waals surface area contributed by atoms with Crippen molar-refractivity contribution < 1.29 is 37.0 Å². The molecule has 0 aromatic heterocycles. The minimum Gasteiger partial charge on any atom is -0.438 e. The standard InChI is InChI=1S/C33H40ClF3N6O5/c1-38-28-24(33(35,36)37)18-21(19-25(28)34)20-27(29(44)42-16-14-41(15-17-42)22-6-10-39-11-7-22)47-31(46)43-12-8-32(9-13-43)23-4-2-3-5-26(23)40-30(45)48-32/h2-5,18-19,22,27,38-39H,6-17,20H2,1H3,(H,40,45)/t27-/m1/s1. The molecule has 4 aliphatic rings. The number of alkyl halides is 3. The number of carbonyl (C=O) groups excluding carboxylic acids is 3. The fourth-order valence-corrected chi connectivity index (χ4v) is 7.65. The number of nitrogens with zero attached hydrogens (tertiary/aromatic N) is 3. The number of amides is 3. The van der Waals surface area contributed by atoms with E-state index in [-0.39, 0.29) is 35.8 Å². The Morgan fingerprint density at radius 3 is 2.42 bits per heavy atom. The summed E-state index contributed by atoms with van der Waals surface area (Å²) >= 11 is 6.26. The van der Waals surface area contributed by atoms with Crippen molar-refractivity contribution in [2.45, 2.75) is 56.0 Å². The molecule has 0 aliphatic carbocycles. The van der Waals surface area contributed by atoms with Crippen molar-refractivity contribution in [3.05, 3.63) is 58.1 Å². The van der Waals surface area contributed by atoms with E-state index >= 15 is 0 Å². The molecule has 11 nitrogen and oxygen atoms in total. The number of carbonyl (C=O) groups is 3. The molecule has 15 heteroatoms. The van der Waals surface area contributed by atoms with Crippen LogP contribution in [-0.2, 0) is 32.5 Å². The van der Waals surface area contributed by atoms with Crippen LogP contribution >= 0.6 is 11.6 Å². The molecular formula is C33H40ClF3N6O5. The van der Waals surface area contributed by atoms with E-state index in [1.165, 1.54) is 18.0 Å². The summed E-state index contributed by atoms with van der Waals surface area (Å²) in [5.74, 6) is -0.467. The van der Waals surface area contributed by atoms with Gasteiger partial charge in [0.15, 0.2) is 6.10 Å². The average molecular weight is 693 g/mol. The number of hydrogen-bond donors (Lipinski definition) is 3. The fourth-order valence-electron chi connectivity index (χ4n) is 7.31. The van der Waals surface area contributed by atoms with Crippen LogP contribution in [0.15, 0.2) is 36.4 Å². The second-order valence-corrected chi connectivity index (χ2v) is 13.1. The van der Waals surface area contributed by atoms with E-state index in [2.05, 4.69) is 20.9 Å². The monoisotopic (exact) mass is 692 g/mol. The number of fused-ring (bicyclic) bond motifs is 2. The van der Waals surface area contributed by atoms with Crippen LogP contribution in [0.1, 0.15) is 42.4 Å². The van der Waals surface area contributed by atoms with Crippen molar-refractivity contribution in [3.63, 3.8) is 0 Å². The highest BCUT2D eigenvalue weighted by atomic mass is 35.5. The van der Waals surface area contributed by atoms with E-state index in [1.807, 2.05) is 18.2 Å². The summed E-state index contributed by atoms with van der Waals surface area (Å²) in [6.45, 7) is 4.38. The molecule has 1 atom stereocenters. The quantitative estimate of drug-likeness (QED) is 0.392. The maximum Gasteiger partial charge on any atom is 0.418 e. The van der Waals surface area contributed by atoms with Gasteiger partial charge in [0.05, 0.1) is 22.0 Å². The predicted molar refractivity (Wildman–Crippen MR) is 173 cm³/mol. The van der Waals surface area contributed by atoms with Crippen LogP contribution < -0.4 is 16.0 Å². The van der Waals surface area contributed by atoms with Crippen LogP contribution in [0.4, 0.5) is 34.1 Å². The highest BCUT2D eigenvalue weighted by Gasteiger charge is 2.46. The molecule has 0 radical (unpaired) electrons. The summed E-state index contributed by atoms with van der Waals surface area (Å²) < 4.78 is 53.6. The van der Waals surface area contributed by atoms with Crippen LogP contribution in [0, 0.1) is 0 Å². The van der Waals surface area contributed by atoms with E-state index in [0.717, 1.165) is 37.6 Å². The Kier molecular flexibility index (Phi) is 9.96. The lowest BCUT2D eigenvalue weighted by atomic mass is 9.82. The third-order valence-corrected chi connectivity index (χ3v) is 10.2. The first kappa shape index (κ1) is 34.1. The van der Waals surface area contributed by atoms with Gasteiger partial charge in [-0.2, -0.15) is 13.2 Å². The number of likely N-dealkylation sites (tertiary alicyclic amines) is 1. The Morgan fingerprint density at radius 2 is 1.75 bits per heavy atom. The number of nitrogens with one attached hydrogen (secondary N) is 3. The summed E-state index contributed by atoms with van der Waals surface area (Å²) in [5, 5.41) is 8.41. The van der Waals surface area contributed by atoms with Crippen molar-refractivity contribution in [1.82, 2.24) is 20.0 Å². The van der Waals surface area contributed by atoms with Crippen molar-refractivity contribution >= 4 is 41.1 Å². The molecule has 0 saturated carbocycles. The van der Waals surface area contributed by atoms with Gasteiger partial charge in [-0.1, -0.05) is 29.8 Å². The summed E-state index contributed by atoms with van der Waals surface area (Å²) in [6.07, 6.45) is -5.06. The number of hydrogen-bond acceptors (Lipinski definition) is 8. The molecule has 0 bridgehead atoms. The molecule has 2 aromatic rings. The summed E-state index contributed by atoms with van der Waals surface area (Å²) in [6, 6.07) is 10.1. The molecule has 3 fully saturated rings. The van der Waals surface area contributed by atoms with Crippen molar-refractivity contribution in [3.8, 4) is 0 Å². The maximum absolute atomic E-state index is 14.0. The van der Waals surface area contributed by atoms with Gasteiger partial charge in [-0.3, -0.25) is 15.0 Å². The number of rotatable bonds is 6. The zero-order valence-corrected chi connectivity index (χ0v) is 27.5. The van der Waals surface area contributed by atoms with Gasteiger partial charge in [-0.15, -0.1) is 0 Å². The second kappa shape index (κ2) is 14.0. The van der Waals surface area contributed by atoms with Gasteiger partial charge in [0, 0.05) is 77.2 Å². The van der Waals surface area contributed by atoms with Crippen LogP contribution in [-0.4, -0.2) is 104 Å². The molecule has 260 valence electrons. The Morgan fingerprint density at radius 1 is 1.06 bits per heavy atom. The first-order valence-electron chi connectivity index (χ1n) is 16.3. The van der Waals surface area contributed by atoms with Crippen LogP contribution in [0.25, 0.3) is 0 Å². The Bertz CT molecular complexity index is 1520. The molecule has 1 spiro atoms. The number of halogens is 4. The van der Waals surface area contributed by atoms with Crippen molar-refractivity contribution in [2.24, 2.45) is 0 Å². The molecular weight excluding hydrogens is 653 g/mol. The number of piperidine rings is 2. The molecule has 4 aliphatic heterocycles. The number of piperazine rings is 1. The highest BCUT2D eigenvalue weighted by Crippen LogP contribution is 2.44. The SMILES string of the molecule is CNc1c(Cl)cc(C[C@@H](OC(=O)N2CCC3(CC2)OC(=O)Nc2ccccc23)C(=O)N2CCN(C3CCNCC3)CC2)cc1C(F)(F)F. The van der Waals surface area contributed by atoms with Gasteiger partial charge >= 0.3 is 18.4 Å². The first-order valence-corrected chi connectivity index (χ1v) is 16.7. The summed E-state index contributed by atoms with van der Waals surface area (Å²) in [7, 11) is 1.35. The maximum atomic E-state index is 14.0. The summed E-state index contributed by atoms with van der Waals surface area (Å²) in [5.41, 5.74) is -0.586. The van der Waals surface area contributed by atoms with Gasteiger partial charge in [0.25, 0.3) is 5.91 Å². The second-order valence-electron chi connectivity index (χ2n) is 12.7. The molecule has 3 amide bonds. The minimum absolute atomic E-state index is 0.113. The Hall–Kier alpha value is -3.75. The molecule has 0 unspecified atom stereocenters. The molecule has 3 saturated heterocycles. The van der Waals surface area contributed by atoms with E-state index in [1.54, 1.807) is 11.0 Å². The minimum atomic E-state index is -4.71. The first-order chi connectivity index (χ1) is 23.0. The van der Waals surface area contributed by atoms with Crippen LogP contribution in [0.3, 0.4) is 0 Å². The molecule has 4 heterocycles. The van der Waals surface area contributed by atoms with Gasteiger partial charge in [0.2, 0.25) is 0 Å². The van der Waals surface area contributed by atoms with E-state index in [9.17, 15) is 27.6 Å². The van der Waals surface area contributed by atoms with Gasteiger partial charge < -0.3 is 29.9 Å². The van der Waals surface area contributed by atoms with Gasteiger partial charge in [0.1, 0.15) is 5.60 Å². The number of ether oxygens (including phenoxy) is 2. The smallest absolute Gasteiger partial charge is 0.418 e. The fraction of sp³-hybridized carbons (Fsp3) is 0.545. The lowest BCUT2D eigenvalue weighted by Gasteiger charge is -2.44. The molecule has 6 rings (SSSR count). The lowest BCUT2D eigenvalue weighted by molar-refractivity contribution is -0.143. The van der Waals surface area contributed by atoms with E-state index < -0.39 is 41.5 Å². The Balaban J connectivity index is 1.19. The number of benzene rings is 2. The zero-order valence-electron chi connectivity index (χ0n) is 26.7. The van der Waals surface area contributed by atoms with Crippen LogP contribution in [0.5, 0.6) is 0 Å². The summed E-state index contributed by atoms with van der Waals surface area (Å²) in [4.78, 5) is 45.4. The molecule has 48 heavy (non-hydrogen) atoms. The number of para-hydroxylation sites is 1. The largest absolute Gasteiger partial charge is 0.438 e. The molecule has 3 N–H and O–H groups in total. The van der Waals surface area contributed by atoms with Gasteiger partial charge in [-0.25, -0.2) is 9.59 Å². The highest BCUT2D eigenvalue weighted by molar-refractivity contribution is 6.33. The van der Waals surface area contributed by atoms with Gasteiger partial charge in [-0.05, 0) is 49.7 Å². The normalized spacial score (nSPS) is 20.8. The van der Waals surface area contributed by atoms with E-state index in [0.29, 0.717) is 50.7 Å². The Labute approximate surface area is 282 Å². The van der Waals surface area contributed by atoms with E-state index in [4.69, 9.17) is 21.1 Å². The lowest BCUT2D eigenvalue weighted by Crippen LogP contribution is -2.56.